The second kappa shape index (κ2) is 4.37. The molecular formula is C13H12N4O3. The van der Waals surface area contributed by atoms with Gasteiger partial charge in [-0.3, -0.25) is 9.25 Å². The van der Waals surface area contributed by atoms with E-state index in [9.17, 15) is 14.7 Å². The van der Waals surface area contributed by atoms with E-state index in [2.05, 4.69) is 10.1 Å². The Morgan fingerprint density at radius 3 is 2.90 bits per heavy atom. The molecule has 0 amide bonds. The summed E-state index contributed by atoms with van der Waals surface area (Å²) in [4.78, 5) is 26.0. The number of carbonyl (C=O) groups is 1. The zero-order valence-corrected chi connectivity index (χ0v) is 10.7. The first-order valence-electron chi connectivity index (χ1n) is 5.98. The Hall–Kier alpha value is -2.83. The topological polar surface area (TPSA) is 92.9 Å². The monoisotopic (exact) mass is 272 g/mol. The summed E-state index contributed by atoms with van der Waals surface area (Å²) in [6.07, 6.45) is 3.43. The van der Waals surface area contributed by atoms with Crippen molar-refractivity contribution in [2.75, 3.05) is 0 Å². The van der Waals surface area contributed by atoms with Crippen molar-refractivity contribution in [1.82, 2.24) is 19.3 Å². The molecule has 0 bridgehead atoms. The van der Waals surface area contributed by atoms with E-state index in [1.165, 1.54) is 10.6 Å². The Morgan fingerprint density at radius 2 is 2.25 bits per heavy atom. The van der Waals surface area contributed by atoms with E-state index in [0.29, 0.717) is 11.0 Å². The van der Waals surface area contributed by atoms with Crippen molar-refractivity contribution < 1.29 is 9.90 Å². The second-order valence-electron chi connectivity index (χ2n) is 4.55. The van der Waals surface area contributed by atoms with Crippen LogP contribution in [0.25, 0.3) is 11.0 Å². The predicted octanol–water partition coefficient (Wildman–Crippen LogP) is 0.810. The fourth-order valence-electron chi connectivity index (χ4n) is 2.28. The maximum absolute atomic E-state index is 12.0. The third-order valence-corrected chi connectivity index (χ3v) is 3.12. The maximum Gasteiger partial charge on any atom is 0.337 e. The molecule has 3 aromatic rings. The van der Waals surface area contributed by atoms with Gasteiger partial charge < -0.3 is 10.1 Å². The maximum atomic E-state index is 12.0. The van der Waals surface area contributed by atoms with Gasteiger partial charge in [-0.1, -0.05) is 6.07 Å². The van der Waals surface area contributed by atoms with Crippen LogP contribution >= 0.6 is 0 Å². The molecule has 0 spiro atoms. The van der Waals surface area contributed by atoms with Gasteiger partial charge in [-0.15, -0.1) is 0 Å². The summed E-state index contributed by atoms with van der Waals surface area (Å²) in [6, 6.07) is 4.77. The molecule has 7 heteroatoms. The average Bonchev–Trinajstić information content (AvgIpc) is 2.94. The molecule has 0 atom stereocenters. The fraction of sp³-hybridized carbons (Fsp3) is 0.154. The number of imidazole rings is 1. The SMILES string of the molecule is Cn1cc(Cn2c(=O)[nH]c3cccc(C(=O)O)c32)cn1. The van der Waals surface area contributed by atoms with Crippen molar-refractivity contribution in [3.8, 4) is 0 Å². The number of aromatic nitrogens is 4. The van der Waals surface area contributed by atoms with Gasteiger partial charge in [0.25, 0.3) is 0 Å². The molecule has 0 radical (unpaired) electrons. The number of aromatic carboxylic acids is 1. The summed E-state index contributed by atoms with van der Waals surface area (Å²) >= 11 is 0. The van der Waals surface area contributed by atoms with Gasteiger partial charge >= 0.3 is 11.7 Å². The highest BCUT2D eigenvalue weighted by Gasteiger charge is 2.15. The third kappa shape index (κ3) is 1.89. The molecule has 3 rings (SSSR count). The van der Waals surface area contributed by atoms with Crippen molar-refractivity contribution in [3.63, 3.8) is 0 Å². The van der Waals surface area contributed by atoms with Crippen LogP contribution in [0.2, 0.25) is 0 Å². The van der Waals surface area contributed by atoms with Crippen LogP contribution in [0.1, 0.15) is 15.9 Å². The number of aryl methyl sites for hydroxylation is 1. The first-order valence-corrected chi connectivity index (χ1v) is 5.98. The van der Waals surface area contributed by atoms with Gasteiger partial charge in [0.05, 0.1) is 29.3 Å². The van der Waals surface area contributed by atoms with E-state index in [1.807, 2.05) is 0 Å². The number of benzene rings is 1. The number of aromatic amines is 1. The van der Waals surface area contributed by atoms with Crippen LogP contribution in [0.4, 0.5) is 0 Å². The number of nitrogens with one attached hydrogen (secondary N) is 1. The Balaban J connectivity index is 2.21. The molecule has 0 aliphatic heterocycles. The molecule has 7 nitrogen and oxygen atoms in total. The van der Waals surface area contributed by atoms with Gasteiger partial charge in [-0.2, -0.15) is 5.10 Å². The molecular weight excluding hydrogens is 260 g/mol. The minimum atomic E-state index is -1.06. The van der Waals surface area contributed by atoms with E-state index in [1.54, 1.807) is 36.3 Å². The Bertz CT molecular complexity index is 856. The van der Waals surface area contributed by atoms with E-state index in [0.717, 1.165) is 5.56 Å². The Labute approximate surface area is 113 Å². The molecule has 0 saturated carbocycles. The van der Waals surface area contributed by atoms with Gasteiger partial charge in [0.15, 0.2) is 0 Å². The lowest BCUT2D eigenvalue weighted by atomic mass is 10.2. The van der Waals surface area contributed by atoms with Crippen LogP contribution in [0.5, 0.6) is 0 Å². The number of nitrogens with zero attached hydrogens (tertiary/aromatic N) is 3. The fourth-order valence-corrected chi connectivity index (χ4v) is 2.28. The van der Waals surface area contributed by atoms with Crippen LogP contribution in [0.15, 0.2) is 35.4 Å². The molecule has 2 heterocycles. The Kier molecular flexibility index (Phi) is 2.67. The van der Waals surface area contributed by atoms with Crippen molar-refractivity contribution in [2.45, 2.75) is 6.54 Å². The van der Waals surface area contributed by atoms with E-state index < -0.39 is 5.97 Å². The summed E-state index contributed by atoms with van der Waals surface area (Å²) < 4.78 is 3.04. The zero-order valence-electron chi connectivity index (χ0n) is 10.7. The molecule has 0 fully saturated rings. The molecule has 2 N–H and O–H groups in total. The minimum Gasteiger partial charge on any atom is -0.478 e. The van der Waals surface area contributed by atoms with Crippen molar-refractivity contribution >= 4 is 17.0 Å². The van der Waals surface area contributed by atoms with Crippen LogP contribution in [0.3, 0.4) is 0 Å². The quantitative estimate of drug-likeness (QED) is 0.738. The summed E-state index contributed by atoms with van der Waals surface area (Å²) in [5.74, 6) is -1.06. The van der Waals surface area contributed by atoms with Gasteiger partial charge in [0, 0.05) is 18.8 Å². The summed E-state index contributed by atoms with van der Waals surface area (Å²) in [5.41, 5.74) is 1.51. The van der Waals surface area contributed by atoms with Crippen LogP contribution in [-0.2, 0) is 13.6 Å². The van der Waals surface area contributed by atoms with E-state index in [4.69, 9.17) is 0 Å². The van der Waals surface area contributed by atoms with Gasteiger partial charge in [-0.05, 0) is 12.1 Å². The number of rotatable bonds is 3. The highest BCUT2D eigenvalue weighted by molar-refractivity contribution is 6.01. The minimum absolute atomic E-state index is 0.102. The number of H-pyrrole nitrogens is 1. The Morgan fingerprint density at radius 1 is 1.45 bits per heavy atom. The predicted molar refractivity (Wildman–Crippen MR) is 71.8 cm³/mol. The molecule has 0 aliphatic rings. The number of carboxylic acids is 1. The molecule has 102 valence electrons. The number of para-hydroxylation sites is 1. The van der Waals surface area contributed by atoms with E-state index in [-0.39, 0.29) is 17.8 Å². The highest BCUT2D eigenvalue weighted by atomic mass is 16.4. The lowest BCUT2D eigenvalue weighted by Gasteiger charge is -2.03. The molecule has 0 aliphatic carbocycles. The standard InChI is InChI=1S/C13H12N4O3/c1-16-6-8(5-14-16)7-17-11-9(12(18)19)3-2-4-10(11)15-13(17)20/h2-6H,7H2,1H3,(H,15,20)(H,18,19). The lowest BCUT2D eigenvalue weighted by molar-refractivity contribution is 0.0698. The van der Waals surface area contributed by atoms with Crippen molar-refractivity contribution in [3.05, 3.63) is 52.2 Å². The smallest absolute Gasteiger partial charge is 0.337 e. The summed E-state index contributed by atoms with van der Waals surface area (Å²) in [7, 11) is 1.78. The highest BCUT2D eigenvalue weighted by Crippen LogP contribution is 2.17. The van der Waals surface area contributed by atoms with Crippen LogP contribution in [-0.4, -0.2) is 30.4 Å². The van der Waals surface area contributed by atoms with Gasteiger partial charge in [0.1, 0.15) is 0 Å². The number of hydrogen-bond donors (Lipinski definition) is 2. The van der Waals surface area contributed by atoms with Gasteiger partial charge in [0.2, 0.25) is 0 Å². The van der Waals surface area contributed by atoms with Crippen LogP contribution in [0, 0.1) is 0 Å². The number of carboxylic acid groups (broad SMARTS) is 1. The van der Waals surface area contributed by atoms with E-state index >= 15 is 0 Å². The third-order valence-electron chi connectivity index (χ3n) is 3.12. The first-order chi connectivity index (χ1) is 9.56. The second-order valence-corrected chi connectivity index (χ2v) is 4.55. The molecule has 0 unspecified atom stereocenters. The number of fused-ring (bicyclic) bond motifs is 1. The molecule has 1 aromatic carbocycles. The summed E-state index contributed by atoms with van der Waals surface area (Å²) in [5, 5.41) is 13.3. The molecule has 0 saturated heterocycles. The molecule has 2 aromatic heterocycles. The normalized spacial score (nSPS) is 11.1. The molecule has 20 heavy (non-hydrogen) atoms. The van der Waals surface area contributed by atoms with Crippen molar-refractivity contribution in [1.29, 1.82) is 0 Å². The van der Waals surface area contributed by atoms with Crippen molar-refractivity contribution in [2.24, 2.45) is 7.05 Å². The summed E-state index contributed by atoms with van der Waals surface area (Å²) in [6.45, 7) is 0.275. The average molecular weight is 272 g/mol. The first kappa shape index (κ1) is 12.2. The van der Waals surface area contributed by atoms with Crippen LogP contribution < -0.4 is 5.69 Å². The largest absolute Gasteiger partial charge is 0.478 e. The lowest BCUT2D eigenvalue weighted by Crippen LogP contribution is -2.18. The zero-order chi connectivity index (χ0) is 14.3. The number of hydrogen-bond acceptors (Lipinski definition) is 3. The van der Waals surface area contributed by atoms with Gasteiger partial charge in [-0.25, -0.2) is 9.59 Å².